The quantitative estimate of drug-likeness (QED) is 0.0947. The van der Waals surface area contributed by atoms with Gasteiger partial charge in [0.05, 0.1) is 29.2 Å². The first-order valence-electron chi connectivity index (χ1n) is 22.0. The van der Waals surface area contributed by atoms with E-state index >= 15 is 13.6 Å². The molecule has 2 aliphatic heterocycles. The van der Waals surface area contributed by atoms with Crippen molar-refractivity contribution in [2.24, 2.45) is 0 Å². The van der Waals surface area contributed by atoms with Gasteiger partial charge in [-0.15, -0.1) is 0 Å². The highest BCUT2D eigenvalue weighted by Gasteiger charge is 2.53. The third-order valence-electron chi connectivity index (χ3n) is 12.8. The maximum Gasteiger partial charge on any atom is 0.320 e. The number of methoxy groups -OCH3 is 1. The summed E-state index contributed by atoms with van der Waals surface area (Å²) in [6.45, 7) is 9.27. The van der Waals surface area contributed by atoms with Gasteiger partial charge in [0.15, 0.2) is 18.4 Å². The Balaban J connectivity index is 1.44. The van der Waals surface area contributed by atoms with Crippen LogP contribution in [0.4, 0.5) is 14.5 Å². The highest BCUT2D eigenvalue weighted by molar-refractivity contribution is 7.00. The molecule has 9 rings (SSSR count). The molecule has 7 aromatic rings. The lowest BCUT2D eigenvalue weighted by atomic mass is 9.94. The third-order valence-corrected chi connectivity index (χ3v) is 17.7. The predicted octanol–water partition coefficient (Wildman–Crippen LogP) is 10.2. The van der Waals surface area contributed by atoms with Gasteiger partial charge in [0.2, 0.25) is 5.88 Å². The van der Waals surface area contributed by atoms with E-state index in [1.54, 1.807) is 18.2 Å². The molecule has 1 fully saturated rings. The van der Waals surface area contributed by atoms with Gasteiger partial charge in [0.1, 0.15) is 23.9 Å². The zero-order chi connectivity index (χ0) is 43.9. The van der Waals surface area contributed by atoms with Crippen molar-refractivity contribution >= 4 is 46.1 Å². The van der Waals surface area contributed by atoms with E-state index in [-0.39, 0.29) is 48.8 Å². The molecule has 5 aromatic carbocycles. The molecule has 0 saturated carbocycles. The molecule has 8 nitrogen and oxygen atoms in total. The zero-order valence-corrected chi connectivity index (χ0v) is 37.5. The molecule has 0 aliphatic carbocycles. The van der Waals surface area contributed by atoms with Crippen molar-refractivity contribution in [2.45, 2.75) is 77.4 Å². The summed E-state index contributed by atoms with van der Waals surface area (Å²) in [6, 6.07) is 36.4. The first-order valence-corrected chi connectivity index (χ1v) is 23.9. The van der Waals surface area contributed by atoms with Crippen LogP contribution in [0.1, 0.15) is 64.5 Å². The normalized spacial score (nSPS) is 15.4. The average molecular weight is 866 g/mol. The Hall–Kier alpha value is -6.04. The van der Waals surface area contributed by atoms with Gasteiger partial charge < -0.3 is 23.5 Å². The fourth-order valence-electron chi connectivity index (χ4n) is 9.85. The van der Waals surface area contributed by atoms with Crippen LogP contribution in [0.25, 0.3) is 32.9 Å². The number of fused-ring (bicyclic) bond motifs is 3. The van der Waals surface area contributed by atoms with E-state index in [4.69, 9.17) is 23.6 Å². The Morgan fingerprint density at radius 3 is 2.19 bits per heavy atom. The van der Waals surface area contributed by atoms with Crippen molar-refractivity contribution in [3.63, 3.8) is 0 Å². The highest BCUT2D eigenvalue weighted by atomic mass is 28.4. The monoisotopic (exact) mass is 865 g/mol. The number of pyridine rings is 2. The molecular formula is C52H53F2N3O5Si. The lowest BCUT2D eigenvalue weighted by Crippen LogP contribution is -2.69. The van der Waals surface area contributed by atoms with Gasteiger partial charge in [-0.25, -0.2) is 13.8 Å². The van der Waals surface area contributed by atoms with Crippen LogP contribution in [0, 0.1) is 11.6 Å². The number of aryl methyl sites for hydroxylation is 1. The minimum absolute atomic E-state index is 0.0311. The molecular weight excluding hydrogens is 813 g/mol. The maximum atomic E-state index is 18.6. The number of aromatic nitrogens is 2. The number of benzene rings is 5. The Labute approximate surface area is 368 Å². The van der Waals surface area contributed by atoms with Gasteiger partial charge in [-0.05, 0) is 74.8 Å². The van der Waals surface area contributed by atoms with E-state index in [1.807, 2.05) is 73.7 Å². The predicted molar refractivity (Wildman–Crippen MR) is 250 cm³/mol. The Kier molecular flexibility index (Phi) is 11.6. The van der Waals surface area contributed by atoms with E-state index in [0.717, 1.165) is 41.6 Å². The molecule has 0 radical (unpaired) electrons. The number of hydrogen-bond acceptors (Lipinski definition) is 7. The van der Waals surface area contributed by atoms with Crippen molar-refractivity contribution < 1.29 is 27.4 Å². The zero-order valence-electron chi connectivity index (χ0n) is 36.5. The molecule has 0 bridgehead atoms. The van der Waals surface area contributed by atoms with Gasteiger partial charge >= 0.3 is 8.32 Å². The Morgan fingerprint density at radius 2 is 1.54 bits per heavy atom. The van der Waals surface area contributed by atoms with Crippen molar-refractivity contribution in [3.05, 3.63) is 148 Å². The van der Waals surface area contributed by atoms with Gasteiger partial charge in [0, 0.05) is 19.2 Å². The largest absolute Gasteiger partial charge is 0.529 e. The standard InChI is InChI=1S/C52H53F2N3O5Si/c1-6-40-42(53)27-26-35-29-37(61-33-59-5)30-41(43(35)40)46-45(54)47-44-48(56-28-18-10-13-21-36(56)32-60-50(44)55-46)49(51(58)57(47)31-34-19-11-7-12-20-34)62-63(52(2,3)4,38-22-14-8-15-23-38)39-24-16-9-17-25-39/h7-9,11-12,14-17,19-20,22-27,29-30,36H,6,10,13,18,21,28,31-33H2,1-5H3/t36-/m0/s1. The topological polar surface area (TPSA) is 75.0 Å². The molecule has 0 unspecified atom stereocenters. The summed E-state index contributed by atoms with van der Waals surface area (Å²) < 4.78 is 61.7. The average Bonchev–Trinajstić information content (AvgIpc) is 3.61. The van der Waals surface area contributed by atoms with E-state index in [2.05, 4.69) is 49.9 Å². The Bertz CT molecular complexity index is 2810. The van der Waals surface area contributed by atoms with Crippen molar-refractivity contribution in [1.29, 1.82) is 0 Å². The molecule has 11 heteroatoms. The molecule has 0 N–H and O–H groups in total. The summed E-state index contributed by atoms with van der Waals surface area (Å²) in [5, 5.41) is 3.04. The van der Waals surface area contributed by atoms with Gasteiger partial charge in [0.25, 0.3) is 5.56 Å². The minimum atomic E-state index is -3.45. The fraction of sp³-hybridized carbons (Fsp3) is 0.308. The van der Waals surface area contributed by atoms with Crippen LogP contribution in [0.2, 0.25) is 5.04 Å². The SMILES string of the molecule is CCc1c(F)ccc2cc(OCOC)cc(-c3nc4c5c(c(O[Si](c6ccccc6)(c6ccccc6)C(C)(C)C)c(=O)n(Cc6ccccc6)c5c3F)N3CCCCC[C@H]3CO4)c12. The second-order valence-electron chi connectivity index (χ2n) is 17.6. The van der Waals surface area contributed by atoms with E-state index in [9.17, 15) is 0 Å². The fourth-order valence-corrected chi connectivity index (χ4v) is 14.3. The third kappa shape index (κ3) is 7.44. The summed E-state index contributed by atoms with van der Waals surface area (Å²) in [5.74, 6) is -0.395. The van der Waals surface area contributed by atoms with Crippen LogP contribution >= 0.6 is 0 Å². The summed E-state index contributed by atoms with van der Waals surface area (Å²) in [4.78, 5) is 23.4. The lowest BCUT2D eigenvalue weighted by Gasteiger charge is -2.44. The molecule has 0 spiro atoms. The number of hydrogen-bond donors (Lipinski definition) is 0. The number of halogens is 2. The van der Waals surface area contributed by atoms with Crippen LogP contribution in [0.15, 0.2) is 120 Å². The second kappa shape index (κ2) is 17.3. The maximum absolute atomic E-state index is 18.6. The van der Waals surface area contributed by atoms with Crippen molar-refractivity contribution in [1.82, 2.24) is 9.55 Å². The highest BCUT2D eigenvalue weighted by Crippen LogP contribution is 2.49. The first-order chi connectivity index (χ1) is 30.6. The number of rotatable bonds is 11. The number of nitrogens with zero attached hydrogens (tertiary/aromatic N) is 3. The van der Waals surface area contributed by atoms with Gasteiger partial charge in [-0.1, -0.05) is 138 Å². The molecule has 324 valence electrons. The molecule has 1 saturated heterocycles. The summed E-state index contributed by atoms with van der Waals surface area (Å²) >= 11 is 0. The number of anilines is 1. The molecule has 63 heavy (non-hydrogen) atoms. The summed E-state index contributed by atoms with van der Waals surface area (Å²) in [6.07, 6.45) is 4.00. The van der Waals surface area contributed by atoms with Crippen molar-refractivity contribution in [3.8, 4) is 28.6 Å². The second-order valence-corrected chi connectivity index (χ2v) is 21.9. The minimum Gasteiger partial charge on any atom is -0.529 e. The van der Waals surface area contributed by atoms with E-state index < -0.39 is 30.5 Å². The van der Waals surface area contributed by atoms with Crippen molar-refractivity contribution in [2.75, 3.05) is 32.0 Å². The van der Waals surface area contributed by atoms with Crippen LogP contribution in [0.5, 0.6) is 17.4 Å². The van der Waals surface area contributed by atoms with Crippen LogP contribution in [-0.2, 0) is 17.7 Å². The smallest absolute Gasteiger partial charge is 0.320 e. The first kappa shape index (κ1) is 42.3. The lowest BCUT2D eigenvalue weighted by molar-refractivity contribution is 0.0512. The molecule has 2 aromatic heterocycles. The van der Waals surface area contributed by atoms with Gasteiger partial charge in [-0.2, -0.15) is 0 Å². The molecule has 2 aliphatic rings. The van der Waals surface area contributed by atoms with Crippen LogP contribution < -0.4 is 34.7 Å². The van der Waals surface area contributed by atoms with Gasteiger partial charge in [-0.3, -0.25) is 9.36 Å². The Morgan fingerprint density at radius 1 is 0.857 bits per heavy atom. The number of ether oxygens (including phenoxy) is 3. The van der Waals surface area contributed by atoms with Crippen LogP contribution in [-0.4, -0.2) is 51.0 Å². The molecule has 1 atom stereocenters. The summed E-state index contributed by atoms with van der Waals surface area (Å²) in [7, 11) is -1.93. The molecule has 4 heterocycles. The van der Waals surface area contributed by atoms with Crippen LogP contribution in [0.3, 0.4) is 0 Å². The molecule has 0 amide bonds. The summed E-state index contributed by atoms with van der Waals surface area (Å²) in [5.41, 5.74) is 1.55. The van der Waals surface area contributed by atoms with E-state index in [1.165, 1.54) is 17.7 Å². The van der Waals surface area contributed by atoms with E-state index in [0.29, 0.717) is 51.7 Å².